The van der Waals surface area contributed by atoms with Crippen molar-refractivity contribution in [3.05, 3.63) is 47.5 Å². The fourth-order valence-electron chi connectivity index (χ4n) is 3.43. The molecule has 1 amide bonds. The summed E-state index contributed by atoms with van der Waals surface area (Å²) >= 11 is 5.88. The number of amides is 1. The van der Waals surface area contributed by atoms with Gasteiger partial charge in [-0.25, -0.2) is 8.42 Å². The first-order valence-corrected chi connectivity index (χ1v) is 12.0. The van der Waals surface area contributed by atoms with Gasteiger partial charge in [0.15, 0.2) is 6.10 Å². The van der Waals surface area contributed by atoms with Crippen LogP contribution in [0.5, 0.6) is 5.75 Å². The quantitative estimate of drug-likeness (QED) is 0.668. The second-order valence-corrected chi connectivity index (χ2v) is 10.1. The number of nitrogens with zero attached hydrogens (tertiary/aromatic N) is 2. The molecule has 0 bridgehead atoms. The normalized spacial score (nSPS) is 15.9. The monoisotopic (exact) mass is 465 g/mol. The number of sulfonamides is 1. The Hall–Kier alpha value is -2.29. The van der Waals surface area contributed by atoms with Crippen LogP contribution in [-0.4, -0.2) is 51.9 Å². The van der Waals surface area contributed by atoms with Crippen LogP contribution in [0.3, 0.4) is 0 Å². The van der Waals surface area contributed by atoms with E-state index in [2.05, 4.69) is 5.32 Å². The maximum absolute atomic E-state index is 13.1. The highest BCUT2D eigenvalue weighted by atomic mass is 35.5. The van der Waals surface area contributed by atoms with Crippen LogP contribution in [0.15, 0.2) is 47.4 Å². The Labute approximate surface area is 189 Å². The minimum Gasteiger partial charge on any atom is -0.481 e. The Balaban J connectivity index is 1.82. The highest BCUT2D eigenvalue weighted by molar-refractivity contribution is 7.89. The average molecular weight is 466 g/mol. The Morgan fingerprint density at radius 3 is 2.35 bits per heavy atom. The molecule has 0 radical (unpaired) electrons. The van der Waals surface area contributed by atoms with E-state index >= 15 is 0 Å². The number of benzene rings is 2. The SMILES string of the molecule is CC(Oc1ccc(Cl)cc1)C(=O)Nc1cc(S(=O)(=O)N2CCCCC2)ccc1N(C)C. The van der Waals surface area contributed by atoms with E-state index in [0.29, 0.717) is 35.2 Å². The Morgan fingerprint density at radius 2 is 1.74 bits per heavy atom. The number of piperidine rings is 1. The summed E-state index contributed by atoms with van der Waals surface area (Å²) in [5, 5.41) is 3.40. The number of nitrogens with one attached hydrogen (secondary N) is 1. The lowest BCUT2D eigenvalue weighted by Gasteiger charge is -2.27. The van der Waals surface area contributed by atoms with Crippen molar-refractivity contribution in [3.8, 4) is 5.75 Å². The van der Waals surface area contributed by atoms with Crippen LogP contribution < -0.4 is 15.0 Å². The molecule has 1 unspecified atom stereocenters. The summed E-state index contributed by atoms with van der Waals surface area (Å²) in [6.07, 6.45) is 1.97. The van der Waals surface area contributed by atoms with Crippen molar-refractivity contribution in [1.82, 2.24) is 4.31 Å². The fraction of sp³-hybridized carbons (Fsp3) is 0.409. The van der Waals surface area contributed by atoms with Gasteiger partial charge in [-0.2, -0.15) is 4.31 Å². The van der Waals surface area contributed by atoms with Crippen molar-refractivity contribution in [2.45, 2.75) is 37.2 Å². The first kappa shape index (κ1) is 23.4. The lowest BCUT2D eigenvalue weighted by atomic mass is 10.2. The number of halogens is 1. The molecule has 2 aromatic carbocycles. The molecule has 0 spiro atoms. The highest BCUT2D eigenvalue weighted by Crippen LogP contribution is 2.30. The van der Waals surface area contributed by atoms with E-state index in [0.717, 1.165) is 19.3 Å². The molecule has 1 aliphatic heterocycles. The predicted octanol–water partition coefficient (Wildman–Crippen LogP) is 3.99. The van der Waals surface area contributed by atoms with Crippen LogP contribution in [-0.2, 0) is 14.8 Å². The number of anilines is 2. The third kappa shape index (κ3) is 5.70. The molecule has 2 aromatic rings. The van der Waals surface area contributed by atoms with Gasteiger partial charge in [-0.15, -0.1) is 0 Å². The van der Waals surface area contributed by atoms with Crippen LogP contribution in [0.2, 0.25) is 5.02 Å². The molecule has 1 N–H and O–H groups in total. The molecule has 3 rings (SSSR count). The summed E-state index contributed by atoms with van der Waals surface area (Å²) in [4.78, 5) is 14.8. The molecule has 0 aromatic heterocycles. The van der Waals surface area contributed by atoms with Crippen LogP contribution in [0.25, 0.3) is 0 Å². The minimum atomic E-state index is -3.62. The number of carbonyl (C=O) groups excluding carboxylic acids is 1. The van der Waals surface area contributed by atoms with E-state index in [1.807, 2.05) is 19.0 Å². The van der Waals surface area contributed by atoms with E-state index in [9.17, 15) is 13.2 Å². The number of rotatable bonds is 7. The van der Waals surface area contributed by atoms with E-state index in [1.165, 1.54) is 10.4 Å². The van der Waals surface area contributed by atoms with E-state index < -0.39 is 16.1 Å². The van der Waals surface area contributed by atoms with Gasteiger partial charge in [-0.1, -0.05) is 18.0 Å². The van der Waals surface area contributed by atoms with Crippen molar-refractivity contribution in [3.63, 3.8) is 0 Å². The number of hydrogen-bond acceptors (Lipinski definition) is 5. The van der Waals surface area contributed by atoms with Gasteiger partial charge in [0, 0.05) is 32.2 Å². The molecule has 1 fully saturated rings. The van der Waals surface area contributed by atoms with Crippen LogP contribution in [0.1, 0.15) is 26.2 Å². The van der Waals surface area contributed by atoms with Crippen molar-refractivity contribution in [1.29, 1.82) is 0 Å². The molecule has 1 heterocycles. The summed E-state index contributed by atoms with van der Waals surface area (Å²) in [7, 11) is 0.0457. The molecule has 1 aliphatic rings. The van der Waals surface area contributed by atoms with Crippen molar-refractivity contribution < 1.29 is 17.9 Å². The van der Waals surface area contributed by atoms with Gasteiger partial charge in [0.1, 0.15) is 5.75 Å². The smallest absolute Gasteiger partial charge is 0.265 e. The van der Waals surface area contributed by atoms with Crippen molar-refractivity contribution in [2.75, 3.05) is 37.4 Å². The van der Waals surface area contributed by atoms with Crippen molar-refractivity contribution in [2.24, 2.45) is 0 Å². The zero-order valence-electron chi connectivity index (χ0n) is 18.0. The van der Waals surface area contributed by atoms with Crippen molar-refractivity contribution >= 4 is 38.9 Å². The predicted molar refractivity (Wildman–Crippen MR) is 124 cm³/mol. The largest absolute Gasteiger partial charge is 0.481 e. The molecule has 31 heavy (non-hydrogen) atoms. The topological polar surface area (TPSA) is 78.9 Å². The Bertz CT molecular complexity index is 1020. The van der Waals surface area contributed by atoms with E-state index in [4.69, 9.17) is 16.3 Å². The molecular formula is C22H28ClN3O4S. The van der Waals surface area contributed by atoms with Gasteiger partial charge in [0.25, 0.3) is 5.91 Å². The van der Waals surface area contributed by atoms with Gasteiger partial charge in [-0.05, 0) is 62.2 Å². The number of hydrogen-bond donors (Lipinski definition) is 1. The molecule has 1 atom stereocenters. The third-order valence-corrected chi connectivity index (χ3v) is 7.30. The highest BCUT2D eigenvalue weighted by Gasteiger charge is 2.27. The molecule has 0 saturated carbocycles. The second kappa shape index (κ2) is 9.89. The Kier molecular flexibility index (Phi) is 7.46. The molecule has 168 valence electrons. The summed E-state index contributed by atoms with van der Waals surface area (Å²) in [5.74, 6) is 0.131. The first-order valence-electron chi connectivity index (χ1n) is 10.2. The molecule has 7 nitrogen and oxygen atoms in total. The zero-order valence-corrected chi connectivity index (χ0v) is 19.5. The Morgan fingerprint density at radius 1 is 1.10 bits per heavy atom. The van der Waals surface area contributed by atoms with Gasteiger partial charge in [0.05, 0.1) is 16.3 Å². The zero-order chi connectivity index (χ0) is 22.6. The lowest BCUT2D eigenvalue weighted by molar-refractivity contribution is -0.122. The first-order chi connectivity index (χ1) is 14.7. The van der Waals surface area contributed by atoms with Gasteiger partial charge < -0.3 is 15.0 Å². The van der Waals surface area contributed by atoms with E-state index in [1.54, 1.807) is 43.3 Å². The van der Waals surface area contributed by atoms with Crippen LogP contribution >= 0.6 is 11.6 Å². The fourth-order valence-corrected chi connectivity index (χ4v) is 5.10. The standard InChI is InChI=1S/C22H28ClN3O4S/c1-16(30-18-9-7-17(23)8-10-18)22(27)24-20-15-19(11-12-21(20)25(2)3)31(28,29)26-13-5-4-6-14-26/h7-12,15-16H,4-6,13-14H2,1-3H3,(H,24,27). The number of ether oxygens (including phenoxy) is 1. The molecule has 0 aliphatic carbocycles. The third-order valence-electron chi connectivity index (χ3n) is 5.16. The summed E-state index contributed by atoms with van der Waals surface area (Å²) in [6.45, 7) is 2.67. The number of carbonyl (C=O) groups is 1. The van der Waals surface area contributed by atoms with Gasteiger partial charge in [0.2, 0.25) is 10.0 Å². The second-order valence-electron chi connectivity index (χ2n) is 7.74. The molecular weight excluding hydrogens is 438 g/mol. The minimum absolute atomic E-state index is 0.168. The van der Waals surface area contributed by atoms with Crippen LogP contribution in [0.4, 0.5) is 11.4 Å². The maximum atomic E-state index is 13.1. The molecule has 1 saturated heterocycles. The average Bonchev–Trinajstić information content (AvgIpc) is 2.75. The lowest BCUT2D eigenvalue weighted by Crippen LogP contribution is -2.35. The van der Waals surface area contributed by atoms with Crippen LogP contribution in [0, 0.1) is 0 Å². The summed E-state index contributed by atoms with van der Waals surface area (Å²) in [6, 6.07) is 11.5. The van der Waals surface area contributed by atoms with E-state index in [-0.39, 0.29) is 10.8 Å². The molecule has 9 heteroatoms. The van der Waals surface area contributed by atoms with Gasteiger partial charge in [-0.3, -0.25) is 4.79 Å². The maximum Gasteiger partial charge on any atom is 0.265 e. The van der Waals surface area contributed by atoms with Gasteiger partial charge >= 0.3 is 0 Å². The summed E-state index contributed by atoms with van der Waals surface area (Å²) in [5.41, 5.74) is 1.12. The summed E-state index contributed by atoms with van der Waals surface area (Å²) < 4.78 is 33.3.